The van der Waals surface area contributed by atoms with Crippen LogP contribution in [0, 0.1) is 0 Å². The van der Waals surface area contributed by atoms with Crippen LogP contribution >= 0.6 is 0 Å². The molecule has 5 rings (SSSR count). The molecule has 0 unspecified atom stereocenters. The highest BCUT2D eigenvalue weighted by molar-refractivity contribution is 5.77. The molecule has 1 saturated heterocycles. The van der Waals surface area contributed by atoms with Crippen LogP contribution < -0.4 is 14.8 Å². The van der Waals surface area contributed by atoms with E-state index in [0.717, 1.165) is 59.6 Å². The molecule has 0 amide bonds. The molecule has 2 N–H and O–H groups in total. The first-order chi connectivity index (χ1) is 18.3. The second kappa shape index (κ2) is 12.7. The van der Waals surface area contributed by atoms with Gasteiger partial charge in [-0.05, 0) is 42.8 Å². The maximum Gasteiger partial charge on any atom is 0.124 e. The van der Waals surface area contributed by atoms with Gasteiger partial charge in [-0.15, -0.1) is 0 Å². The first kappa shape index (κ1) is 25.3. The number of fused-ring (bicyclic) bond motifs is 1. The highest BCUT2D eigenvalue weighted by Gasteiger charge is 2.27. The zero-order chi connectivity index (χ0) is 25.3. The average Bonchev–Trinajstić information content (AvgIpc) is 3.44. The number of methoxy groups -OCH3 is 1. The van der Waals surface area contributed by atoms with E-state index in [9.17, 15) is 0 Å². The van der Waals surface area contributed by atoms with E-state index in [1.807, 2.05) is 36.4 Å². The van der Waals surface area contributed by atoms with Gasteiger partial charge in [0.25, 0.3) is 0 Å². The molecule has 1 aliphatic heterocycles. The lowest BCUT2D eigenvalue weighted by molar-refractivity contribution is 0.0111. The Balaban J connectivity index is 1.08. The number of nitrogens with zero attached hydrogens (tertiary/aromatic N) is 1. The van der Waals surface area contributed by atoms with Gasteiger partial charge in [-0.2, -0.15) is 0 Å². The Morgan fingerprint density at radius 3 is 2.68 bits per heavy atom. The minimum Gasteiger partial charge on any atom is -0.496 e. The lowest BCUT2D eigenvalue weighted by Gasteiger charge is -2.32. The Hall–Kier alpha value is -3.39. The number of H-pyrrole nitrogens is 1. The number of aromatic amines is 1. The number of hydrogen-bond acceptors (Lipinski definition) is 6. The van der Waals surface area contributed by atoms with Crippen LogP contribution in [-0.4, -0.2) is 49.5 Å². The third-order valence-electron chi connectivity index (χ3n) is 6.87. The summed E-state index contributed by atoms with van der Waals surface area (Å²) in [6.07, 6.45) is 3.71. The minimum absolute atomic E-state index is 0.107. The van der Waals surface area contributed by atoms with Crippen molar-refractivity contribution >= 4 is 11.0 Å². The standard InChI is InChI=1S/C30H35N3O4/c1-34-28-9-3-2-6-23(28)19-35-16-5-17-36-25-12-10-22(11-13-25)26-14-15-31-18-29(26)37-20-24-7-4-8-27-30(24)33-21-32-27/h2-4,6-13,21,26,29,31H,5,14-20H2,1H3,(H,32,33)/t26-,29+/m1/s1. The van der Waals surface area contributed by atoms with Crippen molar-refractivity contribution in [3.63, 3.8) is 0 Å². The molecule has 0 spiro atoms. The van der Waals surface area contributed by atoms with Crippen LogP contribution in [0.2, 0.25) is 0 Å². The van der Waals surface area contributed by atoms with Gasteiger partial charge in [-0.3, -0.25) is 0 Å². The van der Waals surface area contributed by atoms with E-state index in [0.29, 0.717) is 32.3 Å². The van der Waals surface area contributed by atoms with Crippen molar-refractivity contribution in [3.05, 3.63) is 89.7 Å². The van der Waals surface area contributed by atoms with Crippen LogP contribution in [0.15, 0.2) is 73.1 Å². The lowest BCUT2D eigenvalue weighted by atomic mass is 9.87. The topological polar surface area (TPSA) is 77.6 Å². The van der Waals surface area contributed by atoms with E-state index in [-0.39, 0.29) is 6.10 Å². The predicted octanol–water partition coefficient (Wildman–Crippen LogP) is 5.22. The molecular weight excluding hydrogens is 466 g/mol. The highest BCUT2D eigenvalue weighted by Crippen LogP contribution is 2.30. The zero-order valence-electron chi connectivity index (χ0n) is 21.3. The number of nitrogens with one attached hydrogen (secondary N) is 2. The quantitative estimate of drug-likeness (QED) is 0.259. The predicted molar refractivity (Wildman–Crippen MR) is 144 cm³/mol. The number of hydrogen-bond donors (Lipinski definition) is 2. The fraction of sp³-hybridized carbons (Fsp3) is 0.367. The molecule has 7 heteroatoms. The Morgan fingerprint density at radius 2 is 1.78 bits per heavy atom. The first-order valence-corrected chi connectivity index (χ1v) is 13.0. The lowest BCUT2D eigenvalue weighted by Crippen LogP contribution is -2.40. The third kappa shape index (κ3) is 6.49. The summed E-state index contributed by atoms with van der Waals surface area (Å²) in [6, 6.07) is 22.6. The van der Waals surface area contributed by atoms with E-state index < -0.39 is 0 Å². The fourth-order valence-electron chi connectivity index (χ4n) is 4.89. The molecule has 7 nitrogen and oxygen atoms in total. The van der Waals surface area contributed by atoms with Crippen molar-refractivity contribution in [1.82, 2.24) is 15.3 Å². The number of rotatable bonds is 12. The summed E-state index contributed by atoms with van der Waals surface area (Å²) in [7, 11) is 1.68. The van der Waals surface area contributed by atoms with Gasteiger partial charge in [0.1, 0.15) is 11.5 Å². The van der Waals surface area contributed by atoms with Gasteiger partial charge < -0.3 is 29.2 Å². The zero-order valence-corrected chi connectivity index (χ0v) is 21.3. The SMILES string of the molecule is COc1ccccc1COCCCOc1ccc([C@H]2CCNC[C@@H]2OCc2cccc3[nH]cnc23)cc1. The molecule has 0 aliphatic carbocycles. The Kier molecular flexibility index (Phi) is 8.69. The molecule has 3 aromatic carbocycles. The molecule has 2 heterocycles. The molecule has 0 saturated carbocycles. The fourth-order valence-corrected chi connectivity index (χ4v) is 4.89. The van der Waals surface area contributed by atoms with Crippen LogP contribution in [-0.2, 0) is 22.7 Å². The molecule has 37 heavy (non-hydrogen) atoms. The largest absolute Gasteiger partial charge is 0.496 e. The molecule has 1 aliphatic rings. The van der Waals surface area contributed by atoms with E-state index in [1.54, 1.807) is 13.4 Å². The van der Waals surface area contributed by atoms with Crippen molar-refractivity contribution < 1.29 is 18.9 Å². The van der Waals surface area contributed by atoms with Crippen LogP contribution in [0.5, 0.6) is 11.5 Å². The summed E-state index contributed by atoms with van der Waals surface area (Å²) in [6.45, 7) is 4.17. The second-order valence-electron chi connectivity index (χ2n) is 9.30. The van der Waals surface area contributed by atoms with Crippen LogP contribution in [0.4, 0.5) is 0 Å². The summed E-state index contributed by atoms with van der Waals surface area (Å²) in [4.78, 5) is 7.62. The van der Waals surface area contributed by atoms with Crippen LogP contribution in [0.25, 0.3) is 11.0 Å². The van der Waals surface area contributed by atoms with Crippen LogP contribution in [0.1, 0.15) is 35.4 Å². The highest BCUT2D eigenvalue weighted by atomic mass is 16.5. The van der Waals surface area contributed by atoms with Crippen molar-refractivity contribution in [1.29, 1.82) is 0 Å². The summed E-state index contributed by atoms with van der Waals surface area (Å²) in [5, 5.41) is 3.49. The Bertz CT molecular complexity index is 1260. The summed E-state index contributed by atoms with van der Waals surface area (Å²) in [5.74, 6) is 2.08. The van der Waals surface area contributed by atoms with E-state index >= 15 is 0 Å². The maximum atomic E-state index is 6.42. The van der Waals surface area contributed by atoms with Gasteiger partial charge in [0.15, 0.2) is 0 Å². The van der Waals surface area contributed by atoms with Crippen molar-refractivity contribution in [3.8, 4) is 11.5 Å². The molecule has 194 valence electrons. The van der Waals surface area contributed by atoms with Gasteiger partial charge in [-0.25, -0.2) is 4.98 Å². The van der Waals surface area contributed by atoms with Gasteiger partial charge in [-0.1, -0.05) is 42.5 Å². The normalized spacial score (nSPS) is 17.6. The van der Waals surface area contributed by atoms with Crippen molar-refractivity contribution in [2.24, 2.45) is 0 Å². The van der Waals surface area contributed by atoms with E-state index in [2.05, 4.69) is 45.6 Å². The van der Waals surface area contributed by atoms with Gasteiger partial charge in [0.2, 0.25) is 0 Å². The number of benzene rings is 3. The molecule has 1 fully saturated rings. The monoisotopic (exact) mass is 501 g/mol. The Labute approximate surface area is 218 Å². The third-order valence-corrected chi connectivity index (χ3v) is 6.87. The van der Waals surface area contributed by atoms with Crippen molar-refractivity contribution in [2.45, 2.75) is 38.1 Å². The number of piperidine rings is 1. The van der Waals surface area contributed by atoms with Gasteiger partial charge >= 0.3 is 0 Å². The van der Waals surface area contributed by atoms with Crippen LogP contribution in [0.3, 0.4) is 0 Å². The Morgan fingerprint density at radius 1 is 0.919 bits per heavy atom. The summed E-state index contributed by atoms with van der Waals surface area (Å²) >= 11 is 0. The minimum atomic E-state index is 0.107. The number of aromatic nitrogens is 2. The van der Waals surface area contributed by atoms with E-state index in [4.69, 9.17) is 18.9 Å². The van der Waals surface area contributed by atoms with Crippen molar-refractivity contribution in [2.75, 3.05) is 33.4 Å². The summed E-state index contributed by atoms with van der Waals surface area (Å²) in [5.41, 5.74) is 5.48. The molecule has 0 bridgehead atoms. The summed E-state index contributed by atoms with van der Waals surface area (Å²) < 4.78 is 23.5. The van der Waals surface area contributed by atoms with Gasteiger partial charge in [0.05, 0.1) is 57.0 Å². The maximum absolute atomic E-state index is 6.42. The molecule has 4 aromatic rings. The first-order valence-electron chi connectivity index (χ1n) is 13.0. The average molecular weight is 502 g/mol. The van der Waals surface area contributed by atoms with Gasteiger partial charge in [0, 0.05) is 30.0 Å². The second-order valence-corrected chi connectivity index (χ2v) is 9.30. The molecule has 2 atom stereocenters. The number of ether oxygens (including phenoxy) is 4. The number of para-hydroxylation sites is 2. The number of imidazole rings is 1. The molecular formula is C30H35N3O4. The van der Waals surface area contributed by atoms with E-state index in [1.165, 1.54) is 5.56 Å². The molecule has 1 aromatic heterocycles. The molecule has 0 radical (unpaired) electrons. The smallest absolute Gasteiger partial charge is 0.124 e.